The van der Waals surface area contributed by atoms with Gasteiger partial charge < -0.3 is 15.2 Å². The highest BCUT2D eigenvalue weighted by Gasteiger charge is 2.18. The highest BCUT2D eigenvalue weighted by molar-refractivity contribution is 7.91. The lowest BCUT2D eigenvalue weighted by molar-refractivity contribution is -0.145. The summed E-state index contributed by atoms with van der Waals surface area (Å²) in [7, 11) is -3.68. The summed E-state index contributed by atoms with van der Waals surface area (Å²) in [4.78, 5) is 11.6. The van der Waals surface area contributed by atoms with Crippen LogP contribution in [0, 0.1) is 0 Å². The second kappa shape index (κ2) is 8.82. The number of rotatable bonds is 8. The zero-order valence-electron chi connectivity index (χ0n) is 14.8. The van der Waals surface area contributed by atoms with Gasteiger partial charge >= 0.3 is 5.97 Å². The van der Waals surface area contributed by atoms with Crippen molar-refractivity contribution in [3.8, 4) is 5.75 Å². The van der Waals surface area contributed by atoms with Crippen LogP contribution in [0.4, 0.5) is 0 Å². The third-order valence-corrected chi connectivity index (χ3v) is 5.34. The Bertz CT molecular complexity index is 844. The molecular formula is C19H23NO5S. The van der Waals surface area contributed by atoms with Gasteiger partial charge in [-0.1, -0.05) is 18.2 Å². The Hall–Kier alpha value is -2.38. The van der Waals surface area contributed by atoms with Gasteiger partial charge in [0.2, 0.25) is 9.84 Å². The maximum Gasteiger partial charge on any atom is 0.344 e. The Labute approximate surface area is 153 Å². The maximum absolute atomic E-state index is 12.8. The van der Waals surface area contributed by atoms with Crippen molar-refractivity contribution in [1.29, 1.82) is 0 Å². The lowest BCUT2D eigenvalue weighted by atomic mass is 10.1. The molecule has 0 aromatic heterocycles. The van der Waals surface area contributed by atoms with E-state index in [1.54, 1.807) is 43.3 Å². The zero-order valence-corrected chi connectivity index (χ0v) is 15.7. The van der Waals surface area contributed by atoms with Crippen LogP contribution in [-0.2, 0) is 25.8 Å². The van der Waals surface area contributed by atoms with Crippen LogP contribution in [-0.4, -0.2) is 33.6 Å². The summed E-state index contributed by atoms with van der Waals surface area (Å²) in [6.45, 7) is 3.58. The minimum Gasteiger partial charge on any atom is -0.482 e. The van der Waals surface area contributed by atoms with E-state index in [9.17, 15) is 13.2 Å². The SMILES string of the molecule is CCOC(=O)COc1cccc(S(=O)(=O)c2ccc(CC(C)N)cc2)c1. The van der Waals surface area contributed by atoms with Crippen molar-refractivity contribution < 1.29 is 22.7 Å². The van der Waals surface area contributed by atoms with Gasteiger partial charge in [-0.15, -0.1) is 0 Å². The highest BCUT2D eigenvalue weighted by atomic mass is 32.2. The van der Waals surface area contributed by atoms with Gasteiger partial charge in [0, 0.05) is 6.04 Å². The topological polar surface area (TPSA) is 95.7 Å². The monoisotopic (exact) mass is 377 g/mol. The minimum absolute atomic E-state index is 0.00526. The van der Waals surface area contributed by atoms with Crippen molar-refractivity contribution in [3.63, 3.8) is 0 Å². The first-order valence-electron chi connectivity index (χ1n) is 8.31. The lowest BCUT2D eigenvalue weighted by Gasteiger charge is -2.10. The quantitative estimate of drug-likeness (QED) is 0.710. The molecule has 0 fully saturated rings. The Morgan fingerprint density at radius 1 is 1.12 bits per heavy atom. The summed E-state index contributed by atoms with van der Waals surface area (Å²) >= 11 is 0. The third-order valence-electron chi connectivity index (χ3n) is 3.57. The fraction of sp³-hybridized carbons (Fsp3) is 0.316. The van der Waals surface area contributed by atoms with Crippen LogP contribution in [0.3, 0.4) is 0 Å². The summed E-state index contributed by atoms with van der Waals surface area (Å²) in [5.74, 6) is -0.224. The largest absolute Gasteiger partial charge is 0.482 e. The summed E-state index contributed by atoms with van der Waals surface area (Å²) in [6, 6.07) is 12.7. The van der Waals surface area contributed by atoms with E-state index < -0.39 is 15.8 Å². The van der Waals surface area contributed by atoms with Crippen molar-refractivity contribution in [2.24, 2.45) is 5.73 Å². The molecule has 2 aromatic rings. The second-order valence-electron chi connectivity index (χ2n) is 5.90. The Morgan fingerprint density at radius 2 is 1.81 bits per heavy atom. The molecule has 0 saturated carbocycles. The maximum atomic E-state index is 12.8. The molecule has 7 heteroatoms. The molecule has 0 saturated heterocycles. The fourth-order valence-electron chi connectivity index (χ4n) is 2.39. The molecule has 0 bridgehead atoms. The molecule has 2 N–H and O–H groups in total. The number of ether oxygens (including phenoxy) is 2. The van der Waals surface area contributed by atoms with Crippen LogP contribution in [0.2, 0.25) is 0 Å². The molecule has 1 atom stereocenters. The van der Waals surface area contributed by atoms with Crippen LogP contribution < -0.4 is 10.5 Å². The summed E-state index contributed by atoms with van der Waals surface area (Å²) in [6.07, 6.45) is 0.678. The van der Waals surface area contributed by atoms with Gasteiger partial charge in [0.05, 0.1) is 16.4 Å². The van der Waals surface area contributed by atoms with E-state index in [0.29, 0.717) is 6.42 Å². The van der Waals surface area contributed by atoms with Crippen molar-refractivity contribution >= 4 is 15.8 Å². The number of hydrogen-bond acceptors (Lipinski definition) is 6. The average molecular weight is 377 g/mol. The minimum atomic E-state index is -3.68. The molecule has 0 aliphatic carbocycles. The van der Waals surface area contributed by atoms with E-state index in [2.05, 4.69) is 0 Å². The predicted octanol–water partition coefficient (Wildman–Crippen LogP) is 2.35. The van der Waals surface area contributed by atoms with E-state index in [-0.39, 0.29) is 34.8 Å². The number of benzene rings is 2. The van der Waals surface area contributed by atoms with Gasteiger partial charge in [0.15, 0.2) is 6.61 Å². The Balaban J connectivity index is 2.18. The molecule has 2 aromatic carbocycles. The van der Waals surface area contributed by atoms with E-state index in [4.69, 9.17) is 15.2 Å². The number of nitrogens with two attached hydrogens (primary N) is 1. The standard InChI is InChI=1S/C19H23NO5S/c1-3-24-19(21)13-25-16-5-4-6-18(12-16)26(22,23)17-9-7-15(8-10-17)11-14(2)20/h4-10,12,14H,3,11,13,20H2,1-2H3. The van der Waals surface area contributed by atoms with E-state index in [1.807, 2.05) is 6.92 Å². The fourth-order valence-corrected chi connectivity index (χ4v) is 3.68. The van der Waals surface area contributed by atoms with Crippen LogP contribution in [0.5, 0.6) is 5.75 Å². The van der Waals surface area contributed by atoms with Crippen LogP contribution in [0.15, 0.2) is 58.3 Å². The number of carbonyl (C=O) groups is 1. The molecular weight excluding hydrogens is 354 g/mol. The zero-order chi connectivity index (χ0) is 19.2. The Kier molecular flexibility index (Phi) is 6.76. The van der Waals surface area contributed by atoms with E-state index in [1.165, 1.54) is 12.1 Å². The highest BCUT2D eigenvalue weighted by Crippen LogP contribution is 2.24. The number of carbonyl (C=O) groups excluding carboxylic acids is 1. The van der Waals surface area contributed by atoms with Crippen molar-refractivity contribution in [2.45, 2.75) is 36.1 Å². The van der Waals surface area contributed by atoms with Crippen LogP contribution >= 0.6 is 0 Å². The summed E-state index contributed by atoms with van der Waals surface area (Å²) in [5.41, 5.74) is 6.74. The molecule has 0 aliphatic heterocycles. The van der Waals surface area contributed by atoms with E-state index in [0.717, 1.165) is 5.56 Å². The van der Waals surface area contributed by atoms with Gasteiger partial charge in [-0.05, 0) is 56.2 Å². The van der Waals surface area contributed by atoms with Gasteiger partial charge in [-0.2, -0.15) is 0 Å². The lowest BCUT2D eigenvalue weighted by Crippen LogP contribution is -2.17. The Morgan fingerprint density at radius 3 is 2.42 bits per heavy atom. The molecule has 1 unspecified atom stereocenters. The predicted molar refractivity (Wildman–Crippen MR) is 97.8 cm³/mol. The third kappa shape index (κ3) is 5.31. The molecule has 0 aliphatic rings. The molecule has 26 heavy (non-hydrogen) atoms. The smallest absolute Gasteiger partial charge is 0.344 e. The van der Waals surface area contributed by atoms with Crippen molar-refractivity contribution in [3.05, 3.63) is 54.1 Å². The molecule has 2 rings (SSSR count). The second-order valence-corrected chi connectivity index (χ2v) is 7.85. The first kappa shape index (κ1) is 19.9. The molecule has 0 radical (unpaired) electrons. The van der Waals surface area contributed by atoms with Crippen molar-refractivity contribution in [1.82, 2.24) is 0 Å². The molecule has 6 nitrogen and oxygen atoms in total. The first-order chi connectivity index (χ1) is 12.3. The number of hydrogen-bond donors (Lipinski definition) is 1. The van der Waals surface area contributed by atoms with Crippen molar-refractivity contribution in [2.75, 3.05) is 13.2 Å². The number of esters is 1. The van der Waals surface area contributed by atoms with Gasteiger partial charge in [0.1, 0.15) is 5.75 Å². The molecule has 0 spiro atoms. The van der Waals surface area contributed by atoms with E-state index >= 15 is 0 Å². The number of sulfone groups is 1. The van der Waals surface area contributed by atoms with Gasteiger partial charge in [0.25, 0.3) is 0 Å². The summed E-state index contributed by atoms with van der Waals surface area (Å²) in [5, 5.41) is 0. The molecule has 0 heterocycles. The van der Waals surface area contributed by atoms with Crippen LogP contribution in [0.25, 0.3) is 0 Å². The normalized spacial score (nSPS) is 12.4. The summed E-state index contributed by atoms with van der Waals surface area (Å²) < 4.78 is 35.7. The van der Waals surface area contributed by atoms with Crippen LogP contribution in [0.1, 0.15) is 19.4 Å². The first-order valence-corrected chi connectivity index (χ1v) is 9.79. The van der Waals surface area contributed by atoms with Gasteiger partial charge in [-0.25, -0.2) is 13.2 Å². The molecule has 0 amide bonds. The van der Waals surface area contributed by atoms with Gasteiger partial charge in [-0.3, -0.25) is 0 Å². The molecule has 140 valence electrons. The average Bonchev–Trinajstić information content (AvgIpc) is 2.60.